The zero-order valence-corrected chi connectivity index (χ0v) is 41.4. The Bertz CT molecular complexity index is 997. The number of allylic oxidation sites excluding steroid dienone is 2. The molecule has 0 aromatic rings. The lowest BCUT2D eigenvalue weighted by Gasteiger charge is -2.40. The fourth-order valence-electron chi connectivity index (χ4n) is 8.98. The van der Waals surface area contributed by atoms with Crippen LogP contribution in [0.5, 0.6) is 0 Å². The van der Waals surface area contributed by atoms with E-state index in [0.717, 1.165) is 38.5 Å². The summed E-state index contributed by atoms with van der Waals surface area (Å²) in [4.78, 5) is 13.0. The van der Waals surface area contributed by atoms with Gasteiger partial charge in [0.05, 0.1) is 25.4 Å². The van der Waals surface area contributed by atoms with E-state index in [9.17, 15) is 30.3 Å². The summed E-state index contributed by atoms with van der Waals surface area (Å²) in [7, 11) is 0. The Morgan fingerprint density at radius 1 is 0.524 bits per heavy atom. The molecule has 63 heavy (non-hydrogen) atoms. The molecule has 7 atom stereocenters. The highest BCUT2D eigenvalue weighted by molar-refractivity contribution is 5.76. The molecule has 9 nitrogen and oxygen atoms in total. The molecule has 0 aromatic heterocycles. The van der Waals surface area contributed by atoms with E-state index in [1.165, 1.54) is 205 Å². The average molecular weight is 896 g/mol. The van der Waals surface area contributed by atoms with Gasteiger partial charge in [-0.1, -0.05) is 238 Å². The quantitative estimate of drug-likeness (QED) is 0.0261. The zero-order valence-electron chi connectivity index (χ0n) is 41.4. The van der Waals surface area contributed by atoms with Gasteiger partial charge in [0.15, 0.2) is 6.29 Å². The lowest BCUT2D eigenvalue weighted by atomic mass is 9.99. The third-order valence-corrected chi connectivity index (χ3v) is 13.4. The molecule has 1 saturated heterocycles. The number of unbranched alkanes of at least 4 members (excludes halogenated alkanes) is 35. The summed E-state index contributed by atoms with van der Waals surface area (Å²) in [6.45, 7) is 3.86. The number of hydrogen-bond donors (Lipinski definition) is 6. The van der Waals surface area contributed by atoms with Crippen molar-refractivity contribution in [3.05, 3.63) is 12.2 Å². The van der Waals surface area contributed by atoms with Crippen LogP contribution in [0.3, 0.4) is 0 Å². The molecule has 374 valence electrons. The number of carbonyl (C=O) groups is 1. The summed E-state index contributed by atoms with van der Waals surface area (Å²) >= 11 is 0. The summed E-state index contributed by atoms with van der Waals surface area (Å²) in [6, 6.07) is -0.718. The van der Waals surface area contributed by atoms with Crippen molar-refractivity contribution in [2.24, 2.45) is 0 Å². The Morgan fingerprint density at radius 3 is 1.29 bits per heavy atom. The van der Waals surface area contributed by atoms with Crippen molar-refractivity contribution < 1.29 is 39.8 Å². The van der Waals surface area contributed by atoms with Gasteiger partial charge in [0.2, 0.25) is 5.91 Å². The molecule has 1 fully saturated rings. The van der Waals surface area contributed by atoms with Crippen molar-refractivity contribution >= 4 is 5.91 Å². The molecule has 0 aliphatic carbocycles. The van der Waals surface area contributed by atoms with Crippen LogP contribution in [0, 0.1) is 0 Å². The number of amides is 1. The van der Waals surface area contributed by atoms with E-state index >= 15 is 0 Å². The SMILES string of the molecule is CCCCCCCC/C=C\CCCCCCCCCC(=O)NC(COC1OC(CO)C(O)C(O)C1O)C(O)CCCCCCCCCCCCCCCCCCCCCCCCC. The molecule has 0 radical (unpaired) electrons. The fourth-order valence-corrected chi connectivity index (χ4v) is 8.98. The van der Waals surface area contributed by atoms with Crippen LogP contribution in [0.1, 0.15) is 271 Å². The topological polar surface area (TPSA) is 149 Å². The molecule has 1 heterocycles. The lowest BCUT2D eigenvalue weighted by Crippen LogP contribution is -2.60. The number of carbonyl (C=O) groups excluding carboxylic acids is 1. The highest BCUT2D eigenvalue weighted by atomic mass is 16.7. The first-order valence-corrected chi connectivity index (χ1v) is 27.4. The number of hydrogen-bond acceptors (Lipinski definition) is 8. The molecule has 1 aliphatic heterocycles. The largest absolute Gasteiger partial charge is 0.394 e. The van der Waals surface area contributed by atoms with Gasteiger partial charge in [-0.2, -0.15) is 0 Å². The minimum atomic E-state index is -1.55. The van der Waals surface area contributed by atoms with Gasteiger partial charge >= 0.3 is 0 Å². The van der Waals surface area contributed by atoms with E-state index in [-0.39, 0.29) is 12.5 Å². The second-order valence-corrected chi connectivity index (χ2v) is 19.4. The van der Waals surface area contributed by atoms with Crippen LogP contribution in [0.4, 0.5) is 0 Å². The van der Waals surface area contributed by atoms with Crippen molar-refractivity contribution in [1.82, 2.24) is 5.32 Å². The number of nitrogens with one attached hydrogen (secondary N) is 1. The van der Waals surface area contributed by atoms with Crippen LogP contribution in [-0.4, -0.2) is 87.5 Å². The molecule has 1 rings (SSSR count). The van der Waals surface area contributed by atoms with Crippen molar-refractivity contribution in [2.45, 2.75) is 314 Å². The van der Waals surface area contributed by atoms with Gasteiger partial charge < -0.3 is 40.3 Å². The Labute approximate surface area is 388 Å². The van der Waals surface area contributed by atoms with Gasteiger partial charge in [-0.05, 0) is 38.5 Å². The van der Waals surface area contributed by atoms with Gasteiger partial charge in [-0.3, -0.25) is 4.79 Å². The first-order valence-electron chi connectivity index (χ1n) is 27.4. The van der Waals surface area contributed by atoms with E-state index < -0.39 is 49.5 Å². The van der Waals surface area contributed by atoms with Crippen molar-refractivity contribution in [3.8, 4) is 0 Å². The minimum Gasteiger partial charge on any atom is -0.394 e. The van der Waals surface area contributed by atoms with Crippen molar-refractivity contribution in [1.29, 1.82) is 0 Å². The molecule has 0 saturated carbocycles. The van der Waals surface area contributed by atoms with Crippen LogP contribution in [0.15, 0.2) is 12.2 Å². The monoisotopic (exact) mass is 896 g/mol. The second-order valence-electron chi connectivity index (χ2n) is 19.4. The highest BCUT2D eigenvalue weighted by Gasteiger charge is 2.44. The maximum absolute atomic E-state index is 13.0. The van der Waals surface area contributed by atoms with E-state index in [0.29, 0.717) is 12.8 Å². The van der Waals surface area contributed by atoms with Gasteiger partial charge in [-0.25, -0.2) is 0 Å². The van der Waals surface area contributed by atoms with E-state index in [1.807, 2.05) is 0 Å². The van der Waals surface area contributed by atoms with Crippen LogP contribution >= 0.6 is 0 Å². The van der Waals surface area contributed by atoms with Crippen LogP contribution in [0.2, 0.25) is 0 Å². The van der Waals surface area contributed by atoms with Crippen molar-refractivity contribution in [3.63, 3.8) is 0 Å². The third kappa shape index (κ3) is 34.8. The number of ether oxygens (including phenoxy) is 2. The van der Waals surface area contributed by atoms with Crippen LogP contribution < -0.4 is 5.32 Å². The van der Waals surface area contributed by atoms with E-state index in [2.05, 4.69) is 31.3 Å². The summed E-state index contributed by atoms with van der Waals surface area (Å²) in [6.07, 6.45) is 46.6. The molecule has 0 bridgehead atoms. The molecule has 0 aromatic carbocycles. The number of aliphatic hydroxyl groups is 5. The zero-order chi connectivity index (χ0) is 45.9. The normalized spacial score (nSPS) is 20.1. The van der Waals surface area contributed by atoms with E-state index in [4.69, 9.17) is 9.47 Å². The van der Waals surface area contributed by atoms with Gasteiger partial charge in [0.25, 0.3) is 0 Å². The van der Waals surface area contributed by atoms with Gasteiger partial charge in [-0.15, -0.1) is 0 Å². The Hall–Kier alpha value is -1.07. The highest BCUT2D eigenvalue weighted by Crippen LogP contribution is 2.23. The Morgan fingerprint density at radius 2 is 0.889 bits per heavy atom. The van der Waals surface area contributed by atoms with Crippen LogP contribution in [0.25, 0.3) is 0 Å². The second kappa shape index (κ2) is 44.7. The minimum absolute atomic E-state index is 0.136. The molecule has 1 aliphatic rings. The Balaban J connectivity index is 2.22. The first-order chi connectivity index (χ1) is 30.8. The molecule has 9 heteroatoms. The molecule has 7 unspecified atom stereocenters. The predicted octanol–water partition coefficient (Wildman–Crippen LogP) is 12.8. The first kappa shape index (κ1) is 59.9. The van der Waals surface area contributed by atoms with Gasteiger partial charge in [0, 0.05) is 6.42 Å². The maximum atomic E-state index is 13.0. The molecular formula is C54H105NO8. The summed E-state index contributed by atoms with van der Waals surface area (Å²) in [5.74, 6) is -0.145. The van der Waals surface area contributed by atoms with Crippen molar-refractivity contribution in [2.75, 3.05) is 13.2 Å². The maximum Gasteiger partial charge on any atom is 0.220 e. The molecule has 6 N–H and O–H groups in total. The smallest absolute Gasteiger partial charge is 0.220 e. The third-order valence-electron chi connectivity index (χ3n) is 13.4. The Kier molecular flexibility index (Phi) is 42.6. The van der Waals surface area contributed by atoms with E-state index in [1.54, 1.807) is 0 Å². The van der Waals surface area contributed by atoms with Gasteiger partial charge in [0.1, 0.15) is 24.4 Å². The summed E-state index contributed by atoms with van der Waals surface area (Å²) in [5.41, 5.74) is 0. The molecule has 1 amide bonds. The summed E-state index contributed by atoms with van der Waals surface area (Å²) < 4.78 is 11.3. The summed E-state index contributed by atoms with van der Waals surface area (Å²) in [5, 5.41) is 54.6. The number of rotatable bonds is 47. The standard InChI is InChI=1S/C54H105NO8/c1-3-5-7-9-11-13-15-17-19-21-22-23-24-25-26-28-29-31-33-35-37-39-41-43-48(57)47(46-62-54-53(61)52(60)51(59)49(45-56)63-54)55-50(58)44-42-40-38-36-34-32-30-27-20-18-16-14-12-10-8-6-4-2/h18,20,47-49,51-54,56-57,59-61H,3-17,19,21-46H2,1-2H3,(H,55,58)/b20-18-. The van der Waals surface area contributed by atoms with Crippen LogP contribution in [-0.2, 0) is 14.3 Å². The lowest BCUT2D eigenvalue weighted by molar-refractivity contribution is -0.302. The molecular weight excluding hydrogens is 791 g/mol. The average Bonchev–Trinajstić information content (AvgIpc) is 3.28. The number of aliphatic hydroxyl groups excluding tert-OH is 5. The predicted molar refractivity (Wildman–Crippen MR) is 263 cm³/mol. The fraction of sp³-hybridized carbons (Fsp3) is 0.944. The molecule has 0 spiro atoms.